The van der Waals surface area contributed by atoms with Gasteiger partial charge in [-0.3, -0.25) is 14.6 Å². The van der Waals surface area contributed by atoms with Crippen LogP contribution in [0.3, 0.4) is 0 Å². The molecule has 30 heavy (non-hydrogen) atoms. The first-order valence-corrected chi connectivity index (χ1v) is 10.4. The van der Waals surface area contributed by atoms with E-state index < -0.39 is 0 Å². The lowest BCUT2D eigenvalue weighted by Crippen LogP contribution is -2.40. The summed E-state index contributed by atoms with van der Waals surface area (Å²) in [4.78, 5) is 35.8. The summed E-state index contributed by atoms with van der Waals surface area (Å²) in [5.41, 5.74) is 2.61. The molecule has 0 unspecified atom stereocenters. The van der Waals surface area contributed by atoms with E-state index in [0.717, 1.165) is 29.6 Å². The molecule has 3 heterocycles. The number of hydrogen-bond acceptors (Lipinski definition) is 5. The summed E-state index contributed by atoms with van der Waals surface area (Å²) in [7, 11) is 0. The Balaban J connectivity index is 1.41. The molecule has 0 radical (unpaired) electrons. The molecule has 1 saturated heterocycles. The van der Waals surface area contributed by atoms with Gasteiger partial charge in [0.1, 0.15) is 5.69 Å². The fourth-order valence-electron chi connectivity index (χ4n) is 3.77. The van der Waals surface area contributed by atoms with Crippen LogP contribution < -0.4 is 5.56 Å². The number of rotatable bonds is 3. The van der Waals surface area contributed by atoms with Crippen LogP contribution in [0.5, 0.6) is 0 Å². The number of carbonyl (C=O) groups excluding carboxylic acids is 1. The fourth-order valence-corrected chi connectivity index (χ4v) is 3.77. The average molecular weight is 406 g/mol. The first kappa shape index (κ1) is 20.2. The Morgan fingerprint density at radius 2 is 1.77 bits per heavy atom. The van der Waals surface area contributed by atoms with E-state index in [2.05, 4.69) is 35.8 Å². The normalized spacial score (nSPS) is 15.5. The minimum Gasteiger partial charge on any atom is -0.337 e. The van der Waals surface area contributed by atoms with Crippen LogP contribution in [-0.4, -0.2) is 43.6 Å². The Bertz CT molecular complexity index is 1120. The van der Waals surface area contributed by atoms with E-state index in [9.17, 15) is 9.59 Å². The number of hydrogen-bond donors (Lipinski definition) is 0. The zero-order valence-electron chi connectivity index (χ0n) is 17.7. The lowest BCUT2D eigenvalue weighted by atomic mass is 9.92. The third-order valence-corrected chi connectivity index (χ3v) is 5.64. The molecule has 1 fully saturated rings. The van der Waals surface area contributed by atoms with Gasteiger partial charge >= 0.3 is 0 Å². The second-order valence-electron chi connectivity index (χ2n) is 8.97. The van der Waals surface area contributed by atoms with E-state index in [4.69, 9.17) is 0 Å². The van der Waals surface area contributed by atoms with Gasteiger partial charge in [-0.2, -0.15) is 5.10 Å². The van der Waals surface area contributed by atoms with E-state index in [1.54, 1.807) is 16.9 Å². The minimum atomic E-state index is -0.105. The molecule has 0 atom stereocenters. The molecule has 1 aliphatic rings. The number of fused-ring (bicyclic) bond motifs is 1. The number of carbonyl (C=O) groups is 1. The van der Waals surface area contributed by atoms with Gasteiger partial charge < -0.3 is 4.90 Å². The molecule has 1 aliphatic heterocycles. The van der Waals surface area contributed by atoms with Crippen LogP contribution in [0.2, 0.25) is 0 Å². The van der Waals surface area contributed by atoms with Crippen LogP contribution >= 0.6 is 0 Å². The van der Waals surface area contributed by atoms with Crippen molar-refractivity contribution in [2.24, 2.45) is 5.92 Å². The molecular weight excluding hydrogens is 378 g/mol. The van der Waals surface area contributed by atoms with Gasteiger partial charge in [0.2, 0.25) is 0 Å². The molecule has 0 spiro atoms. The maximum Gasteiger partial charge on any atom is 0.274 e. The minimum absolute atomic E-state index is 0.0760. The predicted octanol–water partition coefficient (Wildman–Crippen LogP) is 3.04. The predicted molar refractivity (Wildman–Crippen MR) is 115 cm³/mol. The Kier molecular flexibility index (Phi) is 5.37. The van der Waals surface area contributed by atoms with Gasteiger partial charge in [0.25, 0.3) is 11.5 Å². The van der Waals surface area contributed by atoms with E-state index in [0.29, 0.717) is 31.2 Å². The van der Waals surface area contributed by atoms with E-state index in [1.807, 2.05) is 35.2 Å². The monoisotopic (exact) mass is 405 g/mol. The van der Waals surface area contributed by atoms with Gasteiger partial charge in [-0.25, -0.2) is 9.67 Å². The van der Waals surface area contributed by atoms with Crippen LogP contribution in [0.4, 0.5) is 0 Å². The van der Waals surface area contributed by atoms with Crippen LogP contribution in [0.25, 0.3) is 11.0 Å². The first-order chi connectivity index (χ1) is 14.3. The van der Waals surface area contributed by atoms with Gasteiger partial charge in [-0.15, -0.1) is 0 Å². The zero-order chi connectivity index (χ0) is 21.3. The van der Waals surface area contributed by atoms with Crippen molar-refractivity contribution in [3.63, 3.8) is 0 Å². The van der Waals surface area contributed by atoms with Gasteiger partial charge in [0, 0.05) is 31.1 Å². The highest BCUT2D eigenvalue weighted by Crippen LogP contribution is 2.22. The summed E-state index contributed by atoms with van der Waals surface area (Å²) in [5, 5.41) is 4.57. The fraction of sp³-hybridized carbons (Fsp3) is 0.435. The first-order valence-electron chi connectivity index (χ1n) is 10.4. The highest BCUT2D eigenvalue weighted by atomic mass is 16.2. The molecule has 0 aliphatic carbocycles. The van der Waals surface area contributed by atoms with Crippen LogP contribution in [0.15, 0.2) is 47.4 Å². The van der Waals surface area contributed by atoms with Crippen molar-refractivity contribution in [2.45, 2.75) is 45.6 Å². The van der Waals surface area contributed by atoms with E-state index >= 15 is 0 Å². The Labute approximate surface area is 175 Å². The highest BCUT2D eigenvalue weighted by molar-refractivity contribution is 5.93. The molecule has 1 aromatic carbocycles. The molecule has 7 heteroatoms. The van der Waals surface area contributed by atoms with E-state index in [1.165, 1.54) is 0 Å². The van der Waals surface area contributed by atoms with Crippen LogP contribution in [0, 0.1) is 5.92 Å². The third kappa shape index (κ3) is 4.25. The zero-order valence-corrected chi connectivity index (χ0v) is 17.7. The summed E-state index contributed by atoms with van der Waals surface area (Å²) in [6.07, 6.45) is 3.22. The SMILES string of the molecule is CC(C)(C)c1ccc(=O)n(CC2CCN(C(=O)c3cnc4ccccc4n3)CC2)n1. The van der Waals surface area contributed by atoms with Crippen molar-refractivity contribution in [3.05, 3.63) is 64.3 Å². The summed E-state index contributed by atoms with van der Waals surface area (Å²) < 4.78 is 1.58. The van der Waals surface area contributed by atoms with E-state index in [-0.39, 0.29) is 16.9 Å². The van der Waals surface area contributed by atoms with Crippen molar-refractivity contribution in [1.29, 1.82) is 0 Å². The molecule has 156 valence electrons. The Morgan fingerprint density at radius 1 is 1.07 bits per heavy atom. The summed E-state index contributed by atoms with van der Waals surface area (Å²) in [6.45, 7) is 8.13. The Hall–Kier alpha value is -3.09. The van der Waals surface area contributed by atoms with Crippen molar-refractivity contribution in [3.8, 4) is 0 Å². The number of piperidine rings is 1. The van der Waals surface area contributed by atoms with Crippen molar-refractivity contribution >= 4 is 16.9 Å². The maximum atomic E-state index is 12.9. The lowest BCUT2D eigenvalue weighted by Gasteiger charge is -2.32. The van der Waals surface area contributed by atoms with Crippen molar-refractivity contribution in [2.75, 3.05) is 13.1 Å². The largest absolute Gasteiger partial charge is 0.337 e. The average Bonchev–Trinajstić information content (AvgIpc) is 2.74. The van der Waals surface area contributed by atoms with Gasteiger partial charge in [0.05, 0.1) is 22.9 Å². The molecule has 0 N–H and O–H groups in total. The van der Waals surface area contributed by atoms with Gasteiger partial charge in [0.15, 0.2) is 0 Å². The molecule has 0 bridgehead atoms. The Morgan fingerprint density at radius 3 is 2.47 bits per heavy atom. The molecule has 7 nitrogen and oxygen atoms in total. The molecule has 4 rings (SSSR count). The van der Waals surface area contributed by atoms with Gasteiger partial charge in [-0.1, -0.05) is 32.9 Å². The number of amides is 1. The van der Waals surface area contributed by atoms with Crippen molar-refractivity contribution in [1.82, 2.24) is 24.6 Å². The van der Waals surface area contributed by atoms with Crippen molar-refractivity contribution < 1.29 is 4.79 Å². The quantitative estimate of drug-likeness (QED) is 0.669. The highest BCUT2D eigenvalue weighted by Gasteiger charge is 2.26. The van der Waals surface area contributed by atoms with Gasteiger partial charge in [-0.05, 0) is 37.0 Å². The van der Waals surface area contributed by atoms with Crippen LogP contribution in [0.1, 0.15) is 49.8 Å². The molecule has 3 aromatic rings. The number of likely N-dealkylation sites (tertiary alicyclic amines) is 1. The molecule has 1 amide bonds. The third-order valence-electron chi connectivity index (χ3n) is 5.64. The van der Waals surface area contributed by atoms with Crippen LogP contribution in [-0.2, 0) is 12.0 Å². The summed E-state index contributed by atoms with van der Waals surface area (Å²) in [6, 6.07) is 11.0. The molecule has 0 saturated carbocycles. The number of para-hydroxylation sites is 2. The lowest BCUT2D eigenvalue weighted by molar-refractivity contribution is 0.0674. The maximum absolute atomic E-state index is 12.9. The molecule has 2 aromatic heterocycles. The summed E-state index contributed by atoms with van der Waals surface area (Å²) in [5.74, 6) is 0.230. The smallest absolute Gasteiger partial charge is 0.274 e. The molecular formula is C23H27N5O2. The second kappa shape index (κ2) is 7.97. The second-order valence-corrected chi connectivity index (χ2v) is 8.97. The number of aromatic nitrogens is 4. The topological polar surface area (TPSA) is 81.0 Å². The standard InChI is InChI=1S/C23H27N5O2/c1-23(2,3)20-8-9-21(29)28(26-20)15-16-10-12-27(13-11-16)22(30)19-14-24-17-6-4-5-7-18(17)25-19/h4-9,14,16H,10-13,15H2,1-3H3. The number of nitrogens with zero attached hydrogens (tertiary/aromatic N) is 5. The number of benzene rings is 1. The summed E-state index contributed by atoms with van der Waals surface area (Å²) >= 11 is 0.